The minimum Gasteiger partial charge on any atom is -0.348 e. The number of nitrogens with one attached hydrogen (secondary N) is 1. The predicted octanol–water partition coefficient (Wildman–Crippen LogP) is 1.75. The quantitative estimate of drug-likeness (QED) is 0.846. The number of aromatic nitrogens is 1. The molecular formula is C21H25N5O. The van der Waals surface area contributed by atoms with Crippen molar-refractivity contribution in [3.8, 4) is 6.07 Å². The fourth-order valence-corrected chi connectivity index (χ4v) is 3.64. The number of carbonyl (C=O) groups excluding carboxylic acids is 1. The maximum absolute atomic E-state index is 12.7. The molecule has 2 atom stereocenters. The largest absolute Gasteiger partial charge is 0.348 e. The highest BCUT2D eigenvalue weighted by Crippen LogP contribution is 2.21. The first-order chi connectivity index (χ1) is 13.0. The van der Waals surface area contributed by atoms with Gasteiger partial charge in [0.05, 0.1) is 11.6 Å². The van der Waals surface area contributed by atoms with E-state index in [1.807, 2.05) is 24.5 Å². The molecule has 2 unspecified atom stereocenters. The average Bonchev–Trinajstić information content (AvgIpc) is 3.02. The lowest BCUT2D eigenvalue weighted by atomic mass is 10.0. The van der Waals surface area contributed by atoms with Crippen LogP contribution in [0.2, 0.25) is 0 Å². The van der Waals surface area contributed by atoms with Gasteiger partial charge in [-0.25, -0.2) is 0 Å². The van der Waals surface area contributed by atoms with E-state index in [4.69, 9.17) is 5.26 Å². The molecule has 6 nitrogen and oxygen atoms in total. The molecule has 0 saturated carbocycles. The molecule has 1 aliphatic heterocycles. The van der Waals surface area contributed by atoms with Crippen LogP contribution in [0.15, 0.2) is 48.8 Å². The van der Waals surface area contributed by atoms with Crippen LogP contribution in [-0.4, -0.2) is 60.5 Å². The van der Waals surface area contributed by atoms with Gasteiger partial charge in [0, 0.05) is 56.1 Å². The Hall–Kier alpha value is -2.75. The number of nitrogens with zero attached hydrogens (tertiary/aromatic N) is 4. The molecule has 140 valence electrons. The van der Waals surface area contributed by atoms with Crippen molar-refractivity contribution >= 4 is 5.91 Å². The van der Waals surface area contributed by atoms with E-state index in [0.717, 1.165) is 26.2 Å². The number of amides is 1. The summed E-state index contributed by atoms with van der Waals surface area (Å²) in [7, 11) is 4.11. The number of pyridine rings is 1. The van der Waals surface area contributed by atoms with Crippen molar-refractivity contribution in [1.82, 2.24) is 20.1 Å². The van der Waals surface area contributed by atoms with Gasteiger partial charge in [-0.15, -0.1) is 0 Å². The highest BCUT2D eigenvalue weighted by molar-refractivity contribution is 5.94. The molecule has 1 aromatic carbocycles. The standard InChI is InChI=1S/C21H25N5O/c1-25(2)13-19-14-26(12-16-6-8-23-9-7-16)15-20(19)24-21(27)18-5-3-4-17(10-18)11-22/h3-10,19-20H,12-15H2,1-2H3,(H,24,27). The van der Waals surface area contributed by atoms with Crippen LogP contribution >= 0.6 is 0 Å². The second-order valence-electron chi connectivity index (χ2n) is 7.34. The van der Waals surface area contributed by atoms with Crippen LogP contribution < -0.4 is 5.32 Å². The summed E-state index contributed by atoms with van der Waals surface area (Å²) in [5, 5.41) is 12.2. The third-order valence-electron chi connectivity index (χ3n) is 4.84. The van der Waals surface area contributed by atoms with Crippen molar-refractivity contribution in [2.45, 2.75) is 12.6 Å². The van der Waals surface area contributed by atoms with Gasteiger partial charge in [-0.3, -0.25) is 14.7 Å². The van der Waals surface area contributed by atoms with Gasteiger partial charge in [0.2, 0.25) is 0 Å². The Kier molecular flexibility index (Phi) is 6.17. The van der Waals surface area contributed by atoms with E-state index in [1.165, 1.54) is 5.56 Å². The molecule has 2 heterocycles. The van der Waals surface area contributed by atoms with Crippen molar-refractivity contribution < 1.29 is 4.79 Å². The number of benzene rings is 1. The molecule has 2 aromatic rings. The number of hydrogen-bond donors (Lipinski definition) is 1. The van der Waals surface area contributed by atoms with Crippen molar-refractivity contribution in [3.05, 3.63) is 65.5 Å². The molecule has 1 aromatic heterocycles. The lowest BCUT2D eigenvalue weighted by Crippen LogP contribution is -2.43. The Labute approximate surface area is 160 Å². The van der Waals surface area contributed by atoms with Crippen molar-refractivity contribution in [2.75, 3.05) is 33.7 Å². The van der Waals surface area contributed by atoms with Crippen LogP contribution in [-0.2, 0) is 6.54 Å². The summed E-state index contributed by atoms with van der Waals surface area (Å²) in [4.78, 5) is 21.3. The second-order valence-corrected chi connectivity index (χ2v) is 7.34. The topological polar surface area (TPSA) is 72.3 Å². The molecule has 6 heteroatoms. The van der Waals surface area contributed by atoms with E-state index in [9.17, 15) is 4.79 Å². The molecule has 0 bridgehead atoms. The molecule has 1 aliphatic rings. The van der Waals surface area contributed by atoms with Crippen molar-refractivity contribution in [2.24, 2.45) is 5.92 Å². The molecule has 3 rings (SSSR count). The Morgan fingerprint density at radius 3 is 2.78 bits per heavy atom. The van der Waals surface area contributed by atoms with Crippen LogP contribution in [0.5, 0.6) is 0 Å². The van der Waals surface area contributed by atoms with Crippen molar-refractivity contribution in [3.63, 3.8) is 0 Å². The highest BCUT2D eigenvalue weighted by Gasteiger charge is 2.34. The van der Waals surface area contributed by atoms with Gasteiger partial charge < -0.3 is 10.2 Å². The SMILES string of the molecule is CN(C)CC1CN(Cc2ccncc2)CC1NC(=O)c1cccc(C#N)c1. The number of hydrogen-bond acceptors (Lipinski definition) is 5. The minimum atomic E-state index is -0.119. The first-order valence-corrected chi connectivity index (χ1v) is 9.12. The molecule has 0 aliphatic carbocycles. The Morgan fingerprint density at radius 1 is 1.30 bits per heavy atom. The Bertz CT molecular complexity index is 815. The average molecular weight is 363 g/mol. The molecule has 1 amide bonds. The molecule has 1 N–H and O–H groups in total. The van der Waals surface area contributed by atoms with Gasteiger partial charge >= 0.3 is 0 Å². The number of carbonyl (C=O) groups is 1. The smallest absolute Gasteiger partial charge is 0.251 e. The molecule has 0 radical (unpaired) electrons. The van der Waals surface area contributed by atoms with Gasteiger partial charge in [-0.05, 0) is 50.0 Å². The summed E-state index contributed by atoms with van der Waals surface area (Å²) in [6.45, 7) is 3.51. The predicted molar refractivity (Wildman–Crippen MR) is 104 cm³/mol. The van der Waals surface area contributed by atoms with E-state index >= 15 is 0 Å². The van der Waals surface area contributed by atoms with Gasteiger partial charge in [0.15, 0.2) is 0 Å². The summed E-state index contributed by atoms with van der Waals surface area (Å²) in [6, 6.07) is 13.1. The van der Waals surface area contributed by atoms with E-state index in [2.05, 4.69) is 40.3 Å². The zero-order valence-electron chi connectivity index (χ0n) is 15.8. The fraction of sp³-hybridized carbons (Fsp3) is 0.381. The van der Waals surface area contributed by atoms with Gasteiger partial charge in [0.25, 0.3) is 5.91 Å². The van der Waals surface area contributed by atoms with E-state index in [1.54, 1.807) is 24.3 Å². The first kappa shape index (κ1) is 19.0. The summed E-state index contributed by atoms with van der Waals surface area (Å²) < 4.78 is 0. The summed E-state index contributed by atoms with van der Waals surface area (Å²) >= 11 is 0. The third kappa shape index (κ3) is 5.13. The monoisotopic (exact) mass is 363 g/mol. The number of rotatable bonds is 6. The molecule has 1 saturated heterocycles. The van der Waals surface area contributed by atoms with Crippen LogP contribution in [0.1, 0.15) is 21.5 Å². The zero-order chi connectivity index (χ0) is 19.2. The lowest BCUT2D eigenvalue weighted by Gasteiger charge is -2.23. The molecular weight excluding hydrogens is 338 g/mol. The normalized spacial score (nSPS) is 19.8. The highest BCUT2D eigenvalue weighted by atomic mass is 16.1. The summed E-state index contributed by atoms with van der Waals surface area (Å²) in [6.07, 6.45) is 3.62. The molecule has 27 heavy (non-hydrogen) atoms. The van der Waals surface area contributed by atoms with E-state index in [0.29, 0.717) is 17.0 Å². The van der Waals surface area contributed by atoms with Gasteiger partial charge in [0.1, 0.15) is 0 Å². The zero-order valence-corrected chi connectivity index (χ0v) is 15.8. The lowest BCUT2D eigenvalue weighted by molar-refractivity contribution is 0.0926. The van der Waals surface area contributed by atoms with Crippen LogP contribution in [0, 0.1) is 17.2 Å². The Morgan fingerprint density at radius 2 is 2.07 bits per heavy atom. The maximum atomic E-state index is 12.7. The first-order valence-electron chi connectivity index (χ1n) is 9.12. The fourth-order valence-electron chi connectivity index (χ4n) is 3.64. The van der Waals surface area contributed by atoms with E-state index < -0.39 is 0 Å². The third-order valence-corrected chi connectivity index (χ3v) is 4.84. The van der Waals surface area contributed by atoms with Gasteiger partial charge in [-0.2, -0.15) is 5.26 Å². The number of likely N-dealkylation sites (tertiary alicyclic amines) is 1. The van der Waals surface area contributed by atoms with Crippen LogP contribution in [0.4, 0.5) is 0 Å². The van der Waals surface area contributed by atoms with Crippen LogP contribution in [0.25, 0.3) is 0 Å². The molecule has 0 spiro atoms. The summed E-state index contributed by atoms with van der Waals surface area (Å²) in [5.41, 5.74) is 2.26. The van der Waals surface area contributed by atoms with Gasteiger partial charge in [-0.1, -0.05) is 6.07 Å². The van der Waals surface area contributed by atoms with Crippen molar-refractivity contribution in [1.29, 1.82) is 5.26 Å². The maximum Gasteiger partial charge on any atom is 0.251 e. The summed E-state index contributed by atoms with van der Waals surface area (Å²) in [5.74, 6) is 0.233. The van der Waals surface area contributed by atoms with Crippen LogP contribution in [0.3, 0.4) is 0 Å². The van der Waals surface area contributed by atoms with E-state index in [-0.39, 0.29) is 11.9 Å². The minimum absolute atomic E-state index is 0.0764. The molecule has 1 fully saturated rings. The second kappa shape index (κ2) is 8.76. The number of nitriles is 1. The Balaban J connectivity index is 1.69.